The summed E-state index contributed by atoms with van der Waals surface area (Å²) in [4.78, 5) is 8.58. The molecule has 0 aromatic carbocycles. The molecule has 4 heteroatoms. The maximum absolute atomic E-state index is 4.83. The van der Waals surface area contributed by atoms with Gasteiger partial charge in [-0.2, -0.15) is 0 Å². The fourth-order valence-corrected chi connectivity index (χ4v) is 0.616. The molecule has 0 bridgehead atoms. The average Bonchev–Trinajstić information content (AvgIpc) is 2.07. The van der Waals surface area contributed by atoms with E-state index in [0.717, 1.165) is 0 Å². The molecule has 0 saturated carbocycles. The topological polar surface area (TPSA) is 43.7 Å². The van der Waals surface area contributed by atoms with Crippen LogP contribution < -0.4 is 9.57 Å². The monoisotopic (exact) mass is 152 g/mol. The van der Waals surface area contributed by atoms with E-state index >= 15 is 0 Å². The van der Waals surface area contributed by atoms with Crippen LogP contribution in [0.25, 0.3) is 0 Å². The first-order chi connectivity index (χ1) is 5.36. The number of pyridine rings is 1. The van der Waals surface area contributed by atoms with Crippen molar-refractivity contribution in [3.05, 3.63) is 18.3 Å². The molecule has 0 aliphatic carbocycles. The summed E-state index contributed by atoms with van der Waals surface area (Å²) in [6.45, 7) is 3.17. The van der Waals surface area contributed by atoms with Gasteiger partial charge in [0.25, 0.3) is 0 Å². The molecule has 0 atom stereocenters. The highest BCUT2D eigenvalue weighted by molar-refractivity contribution is 5.25. The van der Waals surface area contributed by atoms with Crippen molar-refractivity contribution < 1.29 is 9.57 Å². The van der Waals surface area contributed by atoms with Crippen molar-refractivity contribution in [3.63, 3.8) is 0 Å². The molecule has 1 aromatic rings. The van der Waals surface area contributed by atoms with Crippen molar-refractivity contribution in [3.8, 4) is 11.6 Å². The number of hydrogen-bond acceptors (Lipinski definition) is 4. The number of aromatic nitrogens is 1. The summed E-state index contributed by atoms with van der Waals surface area (Å²) in [5.74, 6) is 1.09. The minimum Gasteiger partial charge on any atom is -0.481 e. The molecule has 0 saturated heterocycles. The predicted molar refractivity (Wildman–Crippen MR) is 41.0 cm³/mol. The van der Waals surface area contributed by atoms with E-state index in [1.165, 1.54) is 6.20 Å². The smallest absolute Gasteiger partial charge is 0.213 e. The van der Waals surface area contributed by atoms with Crippen LogP contribution in [-0.4, -0.2) is 18.8 Å². The third-order valence-corrected chi connectivity index (χ3v) is 1.09. The summed E-state index contributed by atoms with van der Waals surface area (Å²) in [6.07, 6.45) is 1.51. The molecule has 0 aliphatic rings. The molecule has 0 fully saturated rings. The molecule has 1 rings (SSSR count). The largest absolute Gasteiger partial charge is 0.481 e. The van der Waals surface area contributed by atoms with Gasteiger partial charge in [-0.15, -0.1) is 0 Å². The van der Waals surface area contributed by atoms with Gasteiger partial charge in [0.15, 0.2) is 5.75 Å². The van der Waals surface area contributed by atoms with Crippen molar-refractivity contribution in [2.45, 2.75) is 0 Å². The van der Waals surface area contributed by atoms with Gasteiger partial charge in [-0.05, 0) is 6.07 Å². The van der Waals surface area contributed by atoms with E-state index in [1.54, 1.807) is 19.2 Å². The van der Waals surface area contributed by atoms with E-state index in [9.17, 15) is 0 Å². The molecule has 0 aliphatic heterocycles. The van der Waals surface area contributed by atoms with Gasteiger partial charge in [0, 0.05) is 12.8 Å². The van der Waals surface area contributed by atoms with E-state index in [4.69, 9.17) is 9.57 Å². The number of methoxy groups -OCH3 is 1. The van der Waals surface area contributed by atoms with Crippen molar-refractivity contribution >= 4 is 6.72 Å². The molecule has 58 valence electrons. The maximum Gasteiger partial charge on any atom is 0.213 e. The van der Waals surface area contributed by atoms with E-state index in [2.05, 4.69) is 16.9 Å². The second-order valence-electron chi connectivity index (χ2n) is 1.76. The van der Waals surface area contributed by atoms with Crippen LogP contribution in [0.1, 0.15) is 0 Å². The lowest BCUT2D eigenvalue weighted by Crippen LogP contribution is -1.87. The van der Waals surface area contributed by atoms with Crippen LogP contribution in [0.15, 0.2) is 23.5 Å². The average molecular weight is 152 g/mol. The summed E-state index contributed by atoms with van der Waals surface area (Å²) in [6, 6.07) is 3.38. The zero-order valence-electron chi connectivity index (χ0n) is 6.15. The van der Waals surface area contributed by atoms with E-state index in [1.807, 2.05) is 0 Å². The number of ether oxygens (including phenoxy) is 1. The predicted octanol–water partition coefficient (Wildman–Crippen LogP) is 1.08. The van der Waals surface area contributed by atoms with E-state index < -0.39 is 0 Å². The Kier molecular flexibility index (Phi) is 2.43. The lowest BCUT2D eigenvalue weighted by molar-refractivity contribution is 0.340. The summed E-state index contributed by atoms with van der Waals surface area (Å²) < 4.78 is 4.83. The van der Waals surface area contributed by atoms with Crippen molar-refractivity contribution in [2.75, 3.05) is 7.11 Å². The molecule has 1 aromatic heterocycles. The second-order valence-corrected chi connectivity index (χ2v) is 1.76. The lowest BCUT2D eigenvalue weighted by atomic mass is 10.4. The first-order valence-corrected chi connectivity index (χ1v) is 3.00. The van der Waals surface area contributed by atoms with Crippen LogP contribution >= 0.6 is 0 Å². The molecule has 1 heterocycles. The summed E-state index contributed by atoms with van der Waals surface area (Å²) in [7, 11) is 1.55. The molecular weight excluding hydrogens is 144 g/mol. The van der Waals surface area contributed by atoms with E-state index in [0.29, 0.717) is 11.6 Å². The van der Waals surface area contributed by atoms with Gasteiger partial charge in [-0.1, -0.05) is 5.16 Å². The molecule has 0 radical (unpaired) electrons. The molecule has 0 amide bonds. The Balaban J connectivity index is 2.74. The Morgan fingerprint density at radius 3 is 2.82 bits per heavy atom. The van der Waals surface area contributed by atoms with Gasteiger partial charge in [0.2, 0.25) is 5.88 Å². The van der Waals surface area contributed by atoms with Crippen molar-refractivity contribution in [2.24, 2.45) is 5.16 Å². The first kappa shape index (κ1) is 7.53. The van der Waals surface area contributed by atoms with Gasteiger partial charge >= 0.3 is 0 Å². The normalized spacial score (nSPS) is 8.82. The Labute approximate surface area is 64.5 Å². The fourth-order valence-electron chi connectivity index (χ4n) is 0.616. The third kappa shape index (κ3) is 1.93. The molecule has 11 heavy (non-hydrogen) atoms. The standard InChI is InChI=1S/C7H8N2O2/c1-8-11-6-3-4-7(10-2)9-5-6/h3-5H,1H2,2H3. The van der Waals surface area contributed by atoms with Crippen LogP contribution in [-0.2, 0) is 0 Å². The van der Waals surface area contributed by atoms with Crippen LogP contribution in [0.4, 0.5) is 0 Å². The summed E-state index contributed by atoms with van der Waals surface area (Å²) in [5, 5.41) is 3.23. The number of hydrogen-bond donors (Lipinski definition) is 0. The van der Waals surface area contributed by atoms with Gasteiger partial charge < -0.3 is 9.57 Å². The van der Waals surface area contributed by atoms with Gasteiger partial charge in [0.05, 0.1) is 13.3 Å². The fraction of sp³-hybridized carbons (Fsp3) is 0.143. The zero-order valence-corrected chi connectivity index (χ0v) is 6.15. The summed E-state index contributed by atoms with van der Waals surface area (Å²) in [5.41, 5.74) is 0. The Morgan fingerprint density at radius 2 is 2.36 bits per heavy atom. The minimum atomic E-state index is 0.542. The van der Waals surface area contributed by atoms with Crippen molar-refractivity contribution in [1.29, 1.82) is 0 Å². The number of nitrogens with zero attached hydrogens (tertiary/aromatic N) is 2. The molecular formula is C7H8N2O2. The molecule has 0 unspecified atom stereocenters. The Morgan fingerprint density at radius 1 is 1.55 bits per heavy atom. The van der Waals surface area contributed by atoms with Gasteiger partial charge in [-0.3, -0.25) is 0 Å². The van der Waals surface area contributed by atoms with Gasteiger partial charge in [-0.25, -0.2) is 4.98 Å². The van der Waals surface area contributed by atoms with E-state index in [-0.39, 0.29) is 0 Å². The first-order valence-electron chi connectivity index (χ1n) is 3.00. The summed E-state index contributed by atoms with van der Waals surface area (Å²) >= 11 is 0. The third-order valence-electron chi connectivity index (χ3n) is 1.09. The van der Waals surface area contributed by atoms with Gasteiger partial charge in [0.1, 0.15) is 0 Å². The SMILES string of the molecule is C=NOc1ccc(OC)nc1. The highest BCUT2D eigenvalue weighted by Crippen LogP contribution is 2.12. The van der Waals surface area contributed by atoms with Crippen molar-refractivity contribution in [1.82, 2.24) is 4.98 Å². The highest BCUT2D eigenvalue weighted by atomic mass is 16.6. The number of rotatable bonds is 3. The highest BCUT2D eigenvalue weighted by Gasteiger charge is 1.93. The molecule has 0 spiro atoms. The van der Waals surface area contributed by atoms with Crippen LogP contribution in [0.3, 0.4) is 0 Å². The molecule has 0 N–H and O–H groups in total. The maximum atomic E-state index is 4.83. The lowest BCUT2D eigenvalue weighted by Gasteiger charge is -1.98. The number of oxime groups is 1. The second kappa shape index (κ2) is 3.55. The van der Waals surface area contributed by atoms with Crippen LogP contribution in [0, 0.1) is 0 Å². The Hall–Kier alpha value is -1.58. The minimum absolute atomic E-state index is 0.542. The van der Waals surface area contributed by atoms with Crippen LogP contribution in [0.2, 0.25) is 0 Å². The quantitative estimate of drug-likeness (QED) is 0.481. The zero-order chi connectivity index (χ0) is 8.10. The van der Waals surface area contributed by atoms with Crippen LogP contribution in [0.5, 0.6) is 11.6 Å². The Bertz CT molecular complexity index is 233. The molecule has 4 nitrogen and oxygen atoms in total.